The van der Waals surface area contributed by atoms with Gasteiger partial charge in [0, 0.05) is 26.2 Å². The smallest absolute Gasteiger partial charge is 0.233 e. The summed E-state index contributed by atoms with van der Waals surface area (Å²) in [7, 11) is 0. The topological polar surface area (TPSA) is 45.7 Å². The van der Waals surface area contributed by atoms with Crippen molar-refractivity contribution in [2.24, 2.45) is 0 Å². The zero-order valence-corrected chi connectivity index (χ0v) is 20.2. The van der Waals surface area contributed by atoms with Crippen molar-refractivity contribution in [3.8, 4) is 0 Å². The van der Waals surface area contributed by atoms with E-state index in [0.717, 1.165) is 66.6 Å². The van der Waals surface area contributed by atoms with Gasteiger partial charge in [0.1, 0.15) is 0 Å². The SMILES string of the molecule is CCc1ccc2nc(N(CCCN3CCOCC3)C(=O)Cc3ccc(C)c(C)c3)sc2c1. The molecule has 32 heavy (non-hydrogen) atoms. The molecule has 1 aliphatic heterocycles. The summed E-state index contributed by atoms with van der Waals surface area (Å²) in [5.74, 6) is 0.116. The van der Waals surface area contributed by atoms with Crippen LogP contribution < -0.4 is 4.90 Å². The summed E-state index contributed by atoms with van der Waals surface area (Å²) >= 11 is 1.63. The van der Waals surface area contributed by atoms with Crippen molar-refractivity contribution in [1.82, 2.24) is 9.88 Å². The molecular weight excluding hydrogens is 418 g/mol. The molecular formula is C26H33N3O2S. The number of hydrogen-bond acceptors (Lipinski definition) is 5. The molecule has 3 aromatic rings. The van der Waals surface area contributed by atoms with E-state index in [4.69, 9.17) is 9.72 Å². The van der Waals surface area contributed by atoms with Crippen molar-refractivity contribution in [3.63, 3.8) is 0 Å². The third-order valence-electron chi connectivity index (χ3n) is 6.27. The standard InChI is InChI=1S/C26H33N3O2S/c1-4-21-8-9-23-24(17-21)32-26(27-23)29(11-5-10-28-12-14-31-15-13-28)25(30)18-22-7-6-19(2)20(3)16-22/h6-9,16-17H,4-5,10-15,18H2,1-3H3. The van der Waals surface area contributed by atoms with Gasteiger partial charge in [-0.05, 0) is 61.1 Å². The van der Waals surface area contributed by atoms with Crippen LogP contribution in [-0.2, 0) is 22.4 Å². The van der Waals surface area contributed by atoms with Gasteiger partial charge >= 0.3 is 0 Å². The number of hydrogen-bond donors (Lipinski definition) is 0. The lowest BCUT2D eigenvalue weighted by Gasteiger charge is -2.27. The fraction of sp³-hybridized carbons (Fsp3) is 0.462. The second-order valence-corrected chi connectivity index (χ2v) is 9.61. The number of nitrogens with zero attached hydrogens (tertiary/aromatic N) is 3. The summed E-state index contributed by atoms with van der Waals surface area (Å²) in [5, 5.41) is 0.809. The fourth-order valence-electron chi connectivity index (χ4n) is 4.08. The van der Waals surface area contributed by atoms with Crippen LogP contribution in [0.15, 0.2) is 36.4 Å². The molecule has 5 nitrogen and oxygen atoms in total. The van der Waals surface area contributed by atoms with Crippen LogP contribution in [0.4, 0.5) is 5.13 Å². The minimum atomic E-state index is 0.116. The highest BCUT2D eigenvalue weighted by molar-refractivity contribution is 7.22. The minimum absolute atomic E-state index is 0.116. The molecule has 1 amide bonds. The van der Waals surface area contributed by atoms with E-state index >= 15 is 0 Å². The number of aryl methyl sites for hydroxylation is 3. The lowest BCUT2D eigenvalue weighted by molar-refractivity contribution is -0.118. The maximum atomic E-state index is 13.5. The number of ether oxygens (including phenoxy) is 1. The number of anilines is 1. The Hall–Kier alpha value is -2.28. The second-order valence-electron chi connectivity index (χ2n) is 8.60. The minimum Gasteiger partial charge on any atom is -0.379 e. The Balaban J connectivity index is 1.53. The Kier molecular flexibility index (Phi) is 7.55. The summed E-state index contributed by atoms with van der Waals surface area (Å²) in [6, 6.07) is 12.7. The lowest BCUT2D eigenvalue weighted by atomic mass is 10.0. The molecule has 4 rings (SSSR count). The quantitative estimate of drug-likeness (QED) is 0.495. The molecule has 0 bridgehead atoms. The van der Waals surface area contributed by atoms with E-state index in [1.54, 1.807) is 11.3 Å². The Labute approximate surface area is 195 Å². The van der Waals surface area contributed by atoms with Gasteiger partial charge in [0.25, 0.3) is 0 Å². The molecule has 2 heterocycles. The van der Waals surface area contributed by atoms with E-state index in [1.807, 2.05) is 4.90 Å². The molecule has 0 saturated carbocycles. The summed E-state index contributed by atoms with van der Waals surface area (Å²) in [4.78, 5) is 22.6. The van der Waals surface area contributed by atoms with Gasteiger partial charge in [0.2, 0.25) is 5.91 Å². The molecule has 6 heteroatoms. The summed E-state index contributed by atoms with van der Waals surface area (Å²) in [5.41, 5.74) is 5.81. The zero-order chi connectivity index (χ0) is 22.5. The van der Waals surface area contributed by atoms with Gasteiger partial charge in [-0.25, -0.2) is 4.98 Å². The van der Waals surface area contributed by atoms with E-state index in [9.17, 15) is 4.79 Å². The van der Waals surface area contributed by atoms with E-state index < -0.39 is 0 Å². The molecule has 1 aromatic heterocycles. The van der Waals surface area contributed by atoms with Crippen LogP contribution in [0.25, 0.3) is 10.2 Å². The molecule has 2 aromatic carbocycles. The van der Waals surface area contributed by atoms with E-state index in [-0.39, 0.29) is 5.91 Å². The maximum Gasteiger partial charge on any atom is 0.233 e. The van der Waals surface area contributed by atoms with E-state index in [0.29, 0.717) is 13.0 Å². The van der Waals surface area contributed by atoms with Crippen molar-refractivity contribution in [2.45, 2.75) is 40.0 Å². The molecule has 0 N–H and O–H groups in total. The number of fused-ring (bicyclic) bond motifs is 1. The van der Waals surface area contributed by atoms with Crippen molar-refractivity contribution in [1.29, 1.82) is 0 Å². The molecule has 0 atom stereocenters. The average molecular weight is 452 g/mol. The third-order valence-corrected chi connectivity index (χ3v) is 7.31. The zero-order valence-electron chi connectivity index (χ0n) is 19.4. The van der Waals surface area contributed by atoms with Crippen molar-refractivity contribution < 1.29 is 9.53 Å². The van der Waals surface area contributed by atoms with Crippen LogP contribution in [0.2, 0.25) is 0 Å². The van der Waals surface area contributed by atoms with Gasteiger partial charge in [0.15, 0.2) is 5.13 Å². The Bertz CT molecular complexity index is 1070. The van der Waals surface area contributed by atoms with Gasteiger partial charge in [-0.2, -0.15) is 0 Å². The van der Waals surface area contributed by atoms with Crippen molar-refractivity contribution in [3.05, 3.63) is 58.7 Å². The van der Waals surface area contributed by atoms with Gasteiger partial charge in [-0.1, -0.05) is 42.5 Å². The molecule has 1 saturated heterocycles. The van der Waals surface area contributed by atoms with Gasteiger partial charge < -0.3 is 4.74 Å². The number of benzene rings is 2. The monoisotopic (exact) mass is 451 g/mol. The first kappa shape index (κ1) is 22.9. The highest BCUT2D eigenvalue weighted by Crippen LogP contribution is 2.30. The van der Waals surface area contributed by atoms with Crippen LogP contribution in [-0.4, -0.2) is 55.2 Å². The van der Waals surface area contributed by atoms with Crippen molar-refractivity contribution >= 4 is 32.6 Å². The molecule has 0 aliphatic carbocycles. The maximum absolute atomic E-state index is 13.5. The first-order chi connectivity index (χ1) is 15.5. The number of rotatable bonds is 8. The number of aromatic nitrogens is 1. The first-order valence-electron chi connectivity index (χ1n) is 11.6. The van der Waals surface area contributed by atoms with Crippen LogP contribution >= 0.6 is 11.3 Å². The normalized spacial score (nSPS) is 14.7. The van der Waals surface area contributed by atoms with E-state index in [1.165, 1.54) is 16.7 Å². The molecule has 0 radical (unpaired) electrons. The highest BCUT2D eigenvalue weighted by atomic mass is 32.1. The lowest BCUT2D eigenvalue weighted by Crippen LogP contribution is -2.39. The number of morpholine rings is 1. The summed E-state index contributed by atoms with van der Waals surface area (Å²) in [6.45, 7) is 11.6. The van der Waals surface area contributed by atoms with Crippen LogP contribution in [0, 0.1) is 13.8 Å². The molecule has 0 unspecified atom stereocenters. The Morgan fingerprint density at radius 2 is 1.88 bits per heavy atom. The van der Waals surface area contributed by atoms with Crippen molar-refractivity contribution in [2.75, 3.05) is 44.3 Å². The predicted molar refractivity (Wildman–Crippen MR) is 133 cm³/mol. The highest BCUT2D eigenvalue weighted by Gasteiger charge is 2.21. The average Bonchev–Trinajstić information content (AvgIpc) is 3.22. The summed E-state index contributed by atoms with van der Waals surface area (Å²) < 4.78 is 6.61. The molecule has 0 spiro atoms. The number of carbonyl (C=O) groups excluding carboxylic acids is 1. The number of thiazole rings is 1. The molecule has 1 aliphatic rings. The second kappa shape index (κ2) is 10.6. The van der Waals surface area contributed by atoms with Crippen LogP contribution in [0.5, 0.6) is 0 Å². The van der Waals surface area contributed by atoms with Gasteiger partial charge in [-0.15, -0.1) is 0 Å². The molecule has 1 fully saturated rings. The van der Waals surface area contributed by atoms with Crippen LogP contribution in [0.3, 0.4) is 0 Å². The summed E-state index contributed by atoms with van der Waals surface area (Å²) in [6.07, 6.45) is 2.32. The Morgan fingerprint density at radius 3 is 2.62 bits per heavy atom. The number of carbonyl (C=O) groups is 1. The first-order valence-corrected chi connectivity index (χ1v) is 12.4. The Morgan fingerprint density at radius 1 is 1.09 bits per heavy atom. The predicted octanol–water partition coefficient (Wildman–Crippen LogP) is 4.77. The largest absolute Gasteiger partial charge is 0.379 e. The van der Waals surface area contributed by atoms with Crippen LogP contribution in [0.1, 0.15) is 35.6 Å². The molecule has 170 valence electrons. The number of amides is 1. The third kappa shape index (κ3) is 5.55. The van der Waals surface area contributed by atoms with Gasteiger partial charge in [0.05, 0.1) is 29.9 Å². The van der Waals surface area contributed by atoms with Gasteiger partial charge in [-0.3, -0.25) is 14.6 Å². The fourth-order valence-corrected chi connectivity index (χ4v) is 5.15. The van der Waals surface area contributed by atoms with E-state index in [2.05, 4.69) is 62.1 Å².